The Labute approximate surface area is 104 Å². The lowest BCUT2D eigenvalue weighted by Crippen LogP contribution is -2.51. The van der Waals surface area contributed by atoms with E-state index in [1.807, 2.05) is 6.92 Å². The molecule has 1 fully saturated rings. The minimum atomic E-state index is -0.417. The molecular weight excluding hydrogens is 220 g/mol. The molecule has 1 saturated heterocycles. The van der Waals surface area contributed by atoms with Crippen molar-refractivity contribution in [1.82, 2.24) is 10.2 Å². The van der Waals surface area contributed by atoms with Crippen LogP contribution in [0.4, 0.5) is 0 Å². The Morgan fingerprint density at radius 1 is 1.47 bits per heavy atom. The minimum Gasteiger partial charge on any atom is -0.389 e. The van der Waals surface area contributed by atoms with E-state index >= 15 is 0 Å². The summed E-state index contributed by atoms with van der Waals surface area (Å²) in [5.74, 6) is 0. The van der Waals surface area contributed by atoms with E-state index in [1.54, 1.807) is 7.11 Å². The summed E-state index contributed by atoms with van der Waals surface area (Å²) in [4.78, 5) is 2.27. The van der Waals surface area contributed by atoms with Crippen LogP contribution in [0.25, 0.3) is 0 Å². The van der Waals surface area contributed by atoms with Crippen LogP contribution in [0.3, 0.4) is 0 Å². The van der Waals surface area contributed by atoms with Crippen molar-refractivity contribution in [3.05, 3.63) is 0 Å². The highest BCUT2D eigenvalue weighted by atomic mass is 16.5. The van der Waals surface area contributed by atoms with E-state index in [4.69, 9.17) is 9.47 Å². The Morgan fingerprint density at radius 3 is 2.88 bits per heavy atom. The Balaban J connectivity index is 2.13. The number of ether oxygens (including phenoxy) is 2. The van der Waals surface area contributed by atoms with Crippen LogP contribution in [0.2, 0.25) is 0 Å². The number of aliphatic hydroxyl groups is 1. The molecule has 0 amide bonds. The number of nitrogens with one attached hydrogen (secondary N) is 1. The topological polar surface area (TPSA) is 54.0 Å². The molecule has 0 saturated carbocycles. The third-order valence-corrected chi connectivity index (χ3v) is 2.90. The third-order valence-electron chi connectivity index (χ3n) is 2.90. The van der Waals surface area contributed by atoms with Crippen LogP contribution in [0.1, 0.15) is 13.8 Å². The first-order valence-corrected chi connectivity index (χ1v) is 6.36. The number of rotatable bonds is 7. The Kier molecular flexibility index (Phi) is 6.99. The summed E-state index contributed by atoms with van der Waals surface area (Å²) in [6, 6.07) is 0.504. The van der Waals surface area contributed by atoms with Crippen molar-refractivity contribution in [3.63, 3.8) is 0 Å². The summed E-state index contributed by atoms with van der Waals surface area (Å²) in [6.45, 7) is 8.72. The van der Waals surface area contributed by atoms with Gasteiger partial charge in [-0.25, -0.2) is 0 Å². The quantitative estimate of drug-likeness (QED) is 0.645. The fraction of sp³-hybridized carbons (Fsp3) is 1.00. The van der Waals surface area contributed by atoms with Crippen molar-refractivity contribution in [2.24, 2.45) is 0 Å². The average molecular weight is 246 g/mol. The summed E-state index contributed by atoms with van der Waals surface area (Å²) in [6.07, 6.45) is -0.379. The Hall–Kier alpha value is -0.200. The Morgan fingerprint density at radius 2 is 2.24 bits per heavy atom. The number of methoxy groups -OCH3 is 1. The second-order valence-electron chi connectivity index (χ2n) is 4.87. The van der Waals surface area contributed by atoms with E-state index in [0.717, 1.165) is 19.6 Å². The van der Waals surface area contributed by atoms with E-state index in [-0.39, 0.29) is 6.10 Å². The molecule has 17 heavy (non-hydrogen) atoms. The van der Waals surface area contributed by atoms with Crippen molar-refractivity contribution in [2.45, 2.75) is 32.1 Å². The third kappa shape index (κ3) is 6.33. The van der Waals surface area contributed by atoms with Crippen LogP contribution in [-0.4, -0.2) is 74.8 Å². The van der Waals surface area contributed by atoms with Gasteiger partial charge in [-0.3, -0.25) is 4.90 Å². The lowest BCUT2D eigenvalue weighted by Gasteiger charge is -2.33. The molecule has 0 aromatic rings. The van der Waals surface area contributed by atoms with Gasteiger partial charge in [0, 0.05) is 39.3 Å². The van der Waals surface area contributed by atoms with Gasteiger partial charge in [0.1, 0.15) is 0 Å². The molecule has 2 unspecified atom stereocenters. The fourth-order valence-electron chi connectivity index (χ4n) is 2.09. The Bertz CT molecular complexity index is 204. The second-order valence-corrected chi connectivity index (χ2v) is 4.87. The zero-order chi connectivity index (χ0) is 12.7. The molecular formula is C12H26N2O3. The second kappa shape index (κ2) is 8.00. The molecule has 0 aromatic carbocycles. The van der Waals surface area contributed by atoms with E-state index in [0.29, 0.717) is 25.8 Å². The average Bonchev–Trinajstić information content (AvgIpc) is 2.27. The van der Waals surface area contributed by atoms with Crippen LogP contribution in [0, 0.1) is 0 Å². The molecule has 0 aromatic heterocycles. The van der Waals surface area contributed by atoms with Crippen molar-refractivity contribution in [2.75, 3.05) is 46.5 Å². The molecule has 1 heterocycles. The predicted octanol–water partition coefficient (Wildman–Crippen LogP) is -0.307. The van der Waals surface area contributed by atoms with Gasteiger partial charge in [0.15, 0.2) is 0 Å². The molecule has 2 N–H and O–H groups in total. The van der Waals surface area contributed by atoms with Gasteiger partial charge in [-0.05, 0) is 13.8 Å². The molecule has 1 rings (SSSR count). The number of hydrogen-bond acceptors (Lipinski definition) is 5. The maximum absolute atomic E-state index is 9.88. The van der Waals surface area contributed by atoms with Crippen molar-refractivity contribution >= 4 is 0 Å². The summed E-state index contributed by atoms with van der Waals surface area (Å²) in [7, 11) is 1.65. The van der Waals surface area contributed by atoms with Gasteiger partial charge in [-0.1, -0.05) is 0 Å². The number of β-amino-alcohol motifs (C(OH)–C–C–N with tert-alkyl or cyclic N) is 1. The molecule has 5 heteroatoms. The van der Waals surface area contributed by atoms with E-state index < -0.39 is 6.10 Å². The van der Waals surface area contributed by atoms with Crippen molar-refractivity contribution in [1.29, 1.82) is 0 Å². The first-order valence-electron chi connectivity index (χ1n) is 6.36. The van der Waals surface area contributed by atoms with Gasteiger partial charge in [0.25, 0.3) is 0 Å². The smallest absolute Gasteiger partial charge is 0.0900 e. The molecule has 1 aliphatic rings. The molecule has 0 spiro atoms. The van der Waals surface area contributed by atoms with Gasteiger partial charge in [0.05, 0.1) is 25.4 Å². The minimum absolute atomic E-state index is 0.0385. The van der Waals surface area contributed by atoms with Gasteiger partial charge in [-0.15, -0.1) is 0 Å². The number of aliphatic hydroxyl groups excluding tert-OH is 1. The van der Waals surface area contributed by atoms with Crippen LogP contribution in [0.5, 0.6) is 0 Å². The first kappa shape index (κ1) is 14.9. The SMILES string of the molecule is COCC(C)OCC(O)CN1CCN[C@@H](C)C1. The number of nitrogens with zero attached hydrogens (tertiary/aromatic N) is 1. The summed E-state index contributed by atoms with van der Waals surface area (Å²) in [5.41, 5.74) is 0. The van der Waals surface area contributed by atoms with Gasteiger partial charge < -0.3 is 19.9 Å². The first-order chi connectivity index (χ1) is 8.11. The summed E-state index contributed by atoms with van der Waals surface area (Å²) in [5, 5.41) is 13.3. The highest BCUT2D eigenvalue weighted by Gasteiger charge is 2.18. The van der Waals surface area contributed by atoms with Crippen LogP contribution in [0.15, 0.2) is 0 Å². The molecule has 0 aliphatic carbocycles. The summed E-state index contributed by atoms with van der Waals surface area (Å²) >= 11 is 0. The van der Waals surface area contributed by atoms with E-state index in [2.05, 4.69) is 17.1 Å². The maximum atomic E-state index is 9.88. The predicted molar refractivity (Wildman–Crippen MR) is 67.2 cm³/mol. The van der Waals surface area contributed by atoms with Crippen LogP contribution >= 0.6 is 0 Å². The molecule has 102 valence electrons. The normalized spacial score (nSPS) is 25.8. The van der Waals surface area contributed by atoms with Crippen molar-refractivity contribution in [3.8, 4) is 0 Å². The molecule has 5 nitrogen and oxygen atoms in total. The molecule has 0 radical (unpaired) electrons. The van der Waals surface area contributed by atoms with Crippen LogP contribution in [-0.2, 0) is 9.47 Å². The number of hydrogen-bond donors (Lipinski definition) is 2. The van der Waals surface area contributed by atoms with E-state index in [1.165, 1.54) is 0 Å². The van der Waals surface area contributed by atoms with Gasteiger partial charge in [0.2, 0.25) is 0 Å². The monoisotopic (exact) mass is 246 g/mol. The largest absolute Gasteiger partial charge is 0.389 e. The molecule has 0 bridgehead atoms. The zero-order valence-corrected chi connectivity index (χ0v) is 11.2. The molecule has 1 aliphatic heterocycles. The zero-order valence-electron chi connectivity index (χ0n) is 11.2. The number of piperazine rings is 1. The fourth-order valence-corrected chi connectivity index (χ4v) is 2.09. The highest BCUT2D eigenvalue weighted by Crippen LogP contribution is 2.01. The van der Waals surface area contributed by atoms with Gasteiger partial charge in [-0.2, -0.15) is 0 Å². The lowest BCUT2D eigenvalue weighted by atomic mass is 10.2. The van der Waals surface area contributed by atoms with Gasteiger partial charge >= 0.3 is 0 Å². The van der Waals surface area contributed by atoms with E-state index in [9.17, 15) is 5.11 Å². The molecule has 3 atom stereocenters. The van der Waals surface area contributed by atoms with Crippen molar-refractivity contribution < 1.29 is 14.6 Å². The summed E-state index contributed by atoms with van der Waals surface area (Å²) < 4.78 is 10.5. The van der Waals surface area contributed by atoms with Crippen LogP contribution < -0.4 is 5.32 Å². The highest BCUT2D eigenvalue weighted by molar-refractivity contribution is 4.76. The lowest BCUT2D eigenvalue weighted by molar-refractivity contribution is -0.0411. The maximum Gasteiger partial charge on any atom is 0.0900 e. The standard InChI is InChI=1S/C12H26N2O3/c1-10-6-14(5-4-13-10)7-12(15)9-17-11(2)8-16-3/h10-13,15H,4-9H2,1-3H3/t10-,11?,12?/m0/s1.